The number of aromatic carboxylic acids is 1. The number of carboxylic acids is 1. The second kappa shape index (κ2) is 4.34. The summed E-state index contributed by atoms with van der Waals surface area (Å²) in [5.41, 5.74) is 0.446. The third-order valence-electron chi connectivity index (χ3n) is 3.11. The van der Waals surface area contributed by atoms with E-state index in [1.807, 2.05) is 0 Å². The van der Waals surface area contributed by atoms with Gasteiger partial charge >= 0.3 is 5.97 Å². The molecule has 1 saturated carbocycles. The predicted octanol–water partition coefficient (Wildman–Crippen LogP) is 0.567. The van der Waals surface area contributed by atoms with Crippen LogP contribution in [0, 0.1) is 5.92 Å². The second-order valence-corrected chi connectivity index (χ2v) is 4.58. The van der Waals surface area contributed by atoms with Crippen LogP contribution in [0.4, 0.5) is 0 Å². The van der Waals surface area contributed by atoms with Crippen LogP contribution >= 0.6 is 0 Å². The van der Waals surface area contributed by atoms with Gasteiger partial charge in [-0.15, -0.1) is 0 Å². The van der Waals surface area contributed by atoms with Crippen LogP contribution < -0.4 is 5.32 Å². The normalized spacial score (nSPS) is 14.5. The number of nitrogens with one attached hydrogen (secondary N) is 1. The van der Waals surface area contributed by atoms with Crippen molar-refractivity contribution < 1.29 is 14.7 Å². The molecule has 0 bridgehead atoms. The molecule has 0 unspecified atom stereocenters. The first kappa shape index (κ1) is 11.6. The maximum atomic E-state index is 12.0. The van der Waals surface area contributed by atoms with E-state index in [0.29, 0.717) is 12.5 Å². The number of hydrogen-bond acceptors (Lipinski definition) is 4. The summed E-state index contributed by atoms with van der Waals surface area (Å²) in [6.07, 6.45) is 4.91. The van der Waals surface area contributed by atoms with Gasteiger partial charge in [-0.25, -0.2) is 14.3 Å². The number of fused-ring (bicyclic) bond motifs is 1. The molecule has 7 heteroatoms. The molecule has 1 amide bonds. The maximum Gasteiger partial charge on any atom is 0.341 e. The lowest BCUT2D eigenvalue weighted by atomic mass is 10.3. The van der Waals surface area contributed by atoms with Crippen molar-refractivity contribution in [3.8, 4) is 0 Å². The highest BCUT2D eigenvalue weighted by molar-refractivity contribution is 5.97. The lowest BCUT2D eigenvalue weighted by molar-refractivity contribution is 0.0698. The van der Waals surface area contributed by atoms with Crippen molar-refractivity contribution in [2.24, 2.45) is 5.92 Å². The average molecular weight is 260 g/mol. The van der Waals surface area contributed by atoms with Crippen LogP contribution in [0.25, 0.3) is 5.65 Å². The Bertz CT molecular complexity index is 660. The molecule has 0 atom stereocenters. The van der Waals surface area contributed by atoms with Crippen molar-refractivity contribution in [3.63, 3.8) is 0 Å². The molecule has 0 aromatic carbocycles. The van der Waals surface area contributed by atoms with E-state index < -0.39 is 5.97 Å². The predicted molar refractivity (Wildman–Crippen MR) is 65.0 cm³/mol. The Morgan fingerprint density at radius 3 is 2.95 bits per heavy atom. The highest BCUT2D eigenvalue weighted by Gasteiger charge is 2.23. The van der Waals surface area contributed by atoms with Gasteiger partial charge in [0, 0.05) is 12.7 Å². The molecular formula is C12H12N4O3. The Kier molecular flexibility index (Phi) is 2.66. The van der Waals surface area contributed by atoms with Crippen LogP contribution in [-0.2, 0) is 0 Å². The second-order valence-electron chi connectivity index (χ2n) is 4.58. The molecule has 2 aromatic rings. The highest BCUT2D eigenvalue weighted by atomic mass is 16.4. The number of carboxylic acid groups (broad SMARTS) is 1. The first-order valence-corrected chi connectivity index (χ1v) is 6.01. The van der Waals surface area contributed by atoms with Crippen LogP contribution in [0.2, 0.25) is 0 Å². The topological polar surface area (TPSA) is 96.6 Å². The Morgan fingerprint density at radius 1 is 1.47 bits per heavy atom. The average Bonchev–Trinajstić information content (AvgIpc) is 3.12. The molecule has 0 saturated heterocycles. The van der Waals surface area contributed by atoms with Crippen LogP contribution in [0.3, 0.4) is 0 Å². The van der Waals surface area contributed by atoms with Gasteiger partial charge in [-0.2, -0.15) is 5.10 Å². The largest absolute Gasteiger partial charge is 0.477 e. The standard InChI is InChI=1S/C12H12N4O3/c17-11(14-5-7-1-2-7)9-3-4-13-10-8(12(18)19)6-15-16(9)10/h3-4,6-7H,1-2,5H2,(H,14,17)(H,18,19). The molecule has 2 heterocycles. The van der Waals surface area contributed by atoms with E-state index in [9.17, 15) is 9.59 Å². The zero-order valence-corrected chi connectivity index (χ0v) is 10.0. The van der Waals surface area contributed by atoms with Crippen molar-refractivity contribution >= 4 is 17.5 Å². The first-order chi connectivity index (χ1) is 9.16. The lowest BCUT2D eigenvalue weighted by Crippen LogP contribution is -2.27. The Labute approximate surface area is 108 Å². The molecule has 7 nitrogen and oxygen atoms in total. The zero-order valence-electron chi connectivity index (χ0n) is 10.0. The van der Waals surface area contributed by atoms with Crippen molar-refractivity contribution in [2.45, 2.75) is 12.8 Å². The molecular weight excluding hydrogens is 248 g/mol. The van der Waals surface area contributed by atoms with Gasteiger partial charge in [-0.3, -0.25) is 4.79 Å². The molecule has 3 rings (SSSR count). The summed E-state index contributed by atoms with van der Waals surface area (Å²) in [4.78, 5) is 27.0. The van der Waals surface area contributed by atoms with Gasteiger partial charge < -0.3 is 10.4 Å². The van der Waals surface area contributed by atoms with Gasteiger partial charge in [0.05, 0.1) is 6.20 Å². The molecule has 0 radical (unpaired) electrons. The summed E-state index contributed by atoms with van der Waals surface area (Å²) in [6, 6.07) is 1.52. The fourth-order valence-electron chi connectivity index (χ4n) is 1.86. The Morgan fingerprint density at radius 2 is 2.26 bits per heavy atom. The van der Waals surface area contributed by atoms with Gasteiger partial charge in [0.1, 0.15) is 11.3 Å². The Hall–Kier alpha value is -2.44. The van der Waals surface area contributed by atoms with Gasteiger partial charge in [-0.05, 0) is 24.8 Å². The number of carbonyl (C=O) groups excluding carboxylic acids is 1. The summed E-state index contributed by atoms with van der Waals surface area (Å²) in [5, 5.41) is 15.7. The quantitative estimate of drug-likeness (QED) is 0.837. The van der Waals surface area contributed by atoms with E-state index in [1.54, 1.807) is 0 Å². The summed E-state index contributed by atoms with van der Waals surface area (Å²) in [5.74, 6) is -0.800. The van der Waals surface area contributed by atoms with Crippen molar-refractivity contribution in [1.82, 2.24) is 19.9 Å². The summed E-state index contributed by atoms with van der Waals surface area (Å²) >= 11 is 0. The number of hydrogen-bond donors (Lipinski definition) is 2. The van der Waals surface area contributed by atoms with Crippen molar-refractivity contribution in [3.05, 3.63) is 29.7 Å². The minimum atomic E-state index is -1.11. The molecule has 98 valence electrons. The van der Waals surface area contributed by atoms with Crippen molar-refractivity contribution in [2.75, 3.05) is 6.54 Å². The fraction of sp³-hybridized carbons (Fsp3) is 0.333. The molecule has 0 spiro atoms. The molecule has 0 aliphatic heterocycles. The molecule has 1 aliphatic rings. The fourth-order valence-corrected chi connectivity index (χ4v) is 1.86. The number of rotatable bonds is 4. The summed E-state index contributed by atoms with van der Waals surface area (Å²) < 4.78 is 1.26. The van der Waals surface area contributed by atoms with Gasteiger partial charge in [0.25, 0.3) is 5.91 Å². The molecule has 2 N–H and O–H groups in total. The molecule has 1 aliphatic carbocycles. The first-order valence-electron chi connectivity index (χ1n) is 6.01. The number of aromatic nitrogens is 3. The van der Waals surface area contributed by atoms with E-state index in [0.717, 1.165) is 12.8 Å². The maximum absolute atomic E-state index is 12.0. The Balaban J connectivity index is 1.94. The van der Waals surface area contributed by atoms with Crippen molar-refractivity contribution in [1.29, 1.82) is 0 Å². The zero-order chi connectivity index (χ0) is 13.4. The lowest BCUT2D eigenvalue weighted by Gasteiger charge is -2.05. The number of nitrogens with zero attached hydrogens (tertiary/aromatic N) is 3. The van der Waals surface area contributed by atoms with Crippen LogP contribution in [0.1, 0.15) is 33.7 Å². The van der Waals surface area contributed by atoms with Gasteiger partial charge in [0.2, 0.25) is 0 Å². The van der Waals surface area contributed by atoms with E-state index in [2.05, 4.69) is 15.4 Å². The molecule has 19 heavy (non-hydrogen) atoms. The monoisotopic (exact) mass is 260 g/mol. The summed E-state index contributed by atoms with van der Waals surface area (Å²) in [7, 11) is 0. The van der Waals surface area contributed by atoms with Crippen LogP contribution in [-0.4, -0.2) is 38.1 Å². The van der Waals surface area contributed by atoms with E-state index in [1.165, 1.54) is 23.0 Å². The SMILES string of the molecule is O=C(O)c1cnn2c(C(=O)NCC3CC3)ccnc12. The van der Waals surface area contributed by atoms with Crippen LogP contribution in [0.5, 0.6) is 0 Å². The van der Waals surface area contributed by atoms with Crippen LogP contribution in [0.15, 0.2) is 18.5 Å². The third kappa shape index (κ3) is 2.14. The number of carbonyl (C=O) groups is 2. The molecule has 2 aromatic heterocycles. The van der Waals surface area contributed by atoms with E-state index in [-0.39, 0.29) is 22.8 Å². The van der Waals surface area contributed by atoms with E-state index in [4.69, 9.17) is 5.11 Å². The minimum Gasteiger partial charge on any atom is -0.477 e. The molecule has 1 fully saturated rings. The van der Waals surface area contributed by atoms with E-state index >= 15 is 0 Å². The minimum absolute atomic E-state index is 0.0168. The van der Waals surface area contributed by atoms with Gasteiger partial charge in [-0.1, -0.05) is 0 Å². The smallest absolute Gasteiger partial charge is 0.341 e. The summed E-state index contributed by atoms with van der Waals surface area (Å²) in [6.45, 7) is 0.649. The van der Waals surface area contributed by atoms with Gasteiger partial charge in [0.15, 0.2) is 5.65 Å². The highest BCUT2D eigenvalue weighted by Crippen LogP contribution is 2.27. The third-order valence-corrected chi connectivity index (χ3v) is 3.11. The number of amides is 1.